The molecule has 0 atom stereocenters. The Labute approximate surface area is 115 Å². The summed E-state index contributed by atoms with van der Waals surface area (Å²) >= 11 is 0. The van der Waals surface area contributed by atoms with Crippen molar-refractivity contribution in [2.45, 2.75) is 18.9 Å². The Balaban J connectivity index is 2.00. The van der Waals surface area contributed by atoms with E-state index >= 15 is 0 Å². The molecule has 3 rings (SSSR count). The molecule has 1 heterocycles. The van der Waals surface area contributed by atoms with E-state index in [1.165, 1.54) is 6.07 Å². The third-order valence-electron chi connectivity index (χ3n) is 3.50. The lowest BCUT2D eigenvalue weighted by molar-refractivity contribution is -0.384. The van der Waals surface area contributed by atoms with Crippen LogP contribution in [0, 0.1) is 15.5 Å². The summed E-state index contributed by atoms with van der Waals surface area (Å²) in [5, 5.41) is 23.6. The van der Waals surface area contributed by atoms with Gasteiger partial charge in [-0.1, -0.05) is 12.1 Å². The van der Waals surface area contributed by atoms with Crippen LogP contribution in [0.3, 0.4) is 0 Å². The first kappa shape index (κ1) is 12.6. The molecule has 0 aromatic heterocycles. The number of fused-ring (bicyclic) bond motifs is 1. The molecule has 0 bridgehead atoms. The molecule has 1 aromatic rings. The number of rotatable bonds is 3. The maximum atomic E-state index is 11.1. The summed E-state index contributed by atoms with van der Waals surface area (Å²) in [6.07, 6.45) is 2.23. The summed E-state index contributed by atoms with van der Waals surface area (Å²) in [6, 6.07) is 5.23. The second-order valence-corrected chi connectivity index (χ2v) is 5.12. The number of nitro benzene ring substituents is 1. The van der Waals surface area contributed by atoms with Crippen molar-refractivity contribution in [1.29, 1.82) is 5.41 Å². The fraction of sp³-hybridized carbons (Fsp3) is 0.385. The monoisotopic (exact) mass is 273 g/mol. The second kappa shape index (κ2) is 4.59. The van der Waals surface area contributed by atoms with Crippen LogP contribution in [0.1, 0.15) is 18.4 Å². The van der Waals surface area contributed by atoms with Crippen molar-refractivity contribution in [3.8, 4) is 0 Å². The molecule has 0 saturated heterocycles. The number of benzene rings is 1. The zero-order valence-corrected chi connectivity index (χ0v) is 11.1. The lowest BCUT2D eigenvalue weighted by Crippen LogP contribution is -2.38. The van der Waals surface area contributed by atoms with Crippen molar-refractivity contribution in [2.24, 2.45) is 5.10 Å². The smallest absolute Gasteiger partial charge is 0.293 e. The minimum Gasteiger partial charge on any atom is -0.362 e. The first-order chi connectivity index (χ1) is 9.58. The maximum absolute atomic E-state index is 11.1. The first-order valence-electron chi connectivity index (χ1n) is 6.48. The number of hydrazone groups is 1. The summed E-state index contributed by atoms with van der Waals surface area (Å²) in [7, 11) is 1.78. The topological polar surface area (TPSA) is 94.6 Å². The number of hydrogen-bond acceptors (Lipinski definition) is 6. The van der Waals surface area contributed by atoms with Crippen LogP contribution in [0.5, 0.6) is 0 Å². The van der Waals surface area contributed by atoms with Crippen LogP contribution in [-0.2, 0) is 0 Å². The highest BCUT2D eigenvalue weighted by molar-refractivity contribution is 6.50. The van der Waals surface area contributed by atoms with Crippen molar-refractivity contribution in [1.82, 2.24) is 5.43 Å². The molecule has 20 heavy (non-hydrogen) atoms. The van der Waals surface area contributed by atoms with Crippen molar-refractivity contribution in [2.75, 3.05) is 18.5 Å². The molecule has 1 aromatic carbocycles. The molecule has 1 aliphatic carbocycles. The SMILES string of the molecule is CN1C/C(=N/NC2CC2)C(=N)c2cccc([N+](=O)[O-])c21. The number of hydrogen-bond donors (Lipinski definition) is 2. The Morgan fingerprint density at radius 2 is 2.25 bits per heavy atom. The van der Waals surface area contributed by atoms with Gasteiger partial charge in [-0.2, -0.15) is 5.10 Å². The largest absolute Gasteiger partial charge is 0.362 e. The number of anilines is 1. The maximum Gasteiger partial charge on any atom is 0.293 e. The fourth-order valence-corrected chi connectivity index (χ4v) is 2.29. The van der Waals surface area contributed by atoms with Crippen LogP contribution >= 0.6 is 0 Å². The van der Waals surface area contributed by atoms with E-state index in [-0.39, 0.29) is 11.4 Å². The minimum absolute atomic E-state index is 0.0314. The van der Waals surface area contributed by atoms with Gasteiger partial charge in [-0.25, -0.2) is 0 Å². The van der Waals surface area contributed by atoms with Gasteiger partial charge in [-0.15, -0.1) is 0 Å². The van der Waals surface area contributed by atoms with E-state index in [9.17, 15) is 10.1 Å². The van der Waals surface area contributed by atoms with Gasteiger partial charge in [0.05, 0.1) is 17.2 Å². The number of para-hydroxylation sites is 1. The molecule has 2 aliphatic rings. The van der Waals surface area contributed by atoms with Crippen LogP contribution in [0.25, 0.3) is 0 Å². The molecule has 0 radical (unpaired) electrons. The summed E-state index contributed by atoms with van der Waals surface area (Å²) < 4.78 is 0. The third kappa shape index (κ3) is 2.11. The first-order valence-corrected chi connectivity index (χ1v) is 6.48. The highest BCUT2D eigenvalue weighted by atomic mass is 16.6. The Hall–Kier alpha value is -2.44. The molecule has 0 amide bonds. The van der Waals surface area contributed by atoms with Gasteiger partial charge < -0.3 is 10.3 Å². The standard InChI is InChI=1S/C13H15N5O2/c1-17-7-10(16-15-8-5-6-8)12(14)9-3-2-4-11(13(9)17)18(19)20/h2-4,8,14-15H,5-7H2,1H3/b14-12?,16-10-. The summed E-state index contributed by atoms with van der Waals surface area (Å²) in [5.74, 6) is 0. The van der Waals surface area contributed by atoms with Crippen molar-refractivity contribution >= 4 is 22.8 Å². The van der Waals surface area contributed by atoms with Crippen molar-refractivity contribution in [3.63, 3.8) is 0 Å². The normalized spacial score (nSPS) is 19.9. The molecule has 7 nitrogen and oxygen atoms in total. The molecule has 1 aliphatic heterocycles. The van der Waals surface area contributed by atoms with E-state index in [2.05, 4.69) is 10.5 Å². The number of nitrogens with zero attached hydrogens (tertiary/aromatic N) is 3. The Morgan fingerprint density at radius 1 is 1.50 bits per heavy atom. The molecule has 1 saturated carbocycles. The van der Waals surface area contributed by atoms with Gasteiger partial charge in [0, 0.05) is 24.7 Å². The molecule has 2 N–H and O–H groups in total. The Bertz CT molecular complexity index is 621. The van der Waals surface area contributed by atoms with Gasteiger partial charge in [0.2, 0.25) is 0 Å². The minimum atomic E-state index is -0.410. The summed E-state index contributed by atoms with van der Waals surface area (Å²) in [6.45, 7) is 0.399. The second-order valence-electron chi connectivity index (χ2n) is 5.12. The van der Waals surface area contributed by atoms with Crippen molar-refractivity contribution in [3.05, 3.63) is 33.9 Å². The lowest BCUT2D eigenvalue weighted by Gasteiger charge is -2.28. The fourth-order valence-electron chi connectivity index (χ4n) is 2.29. The van der Waals surface area contributed by atoms with Crippen LogP contribution in [0.15, 0.2) is 23.3 Å². The van der Waals surface area contributed by atoms with Gasteiger partial charge in [0.15, 0.2) is 0 Å². The highest BCUT2D eigenvalue weighted by Gasteiger charge is 2.31. The zero-order valence-electron chi connectivity index (χ0n) is 11.1. The predicted molar refractivity (Wildman–Crippen MR) is 76.8 cm³/mol. The molecular formula is C13H15N5O2. The third-order valence-corrected chi connectivity index (χ3v) is 3.50. The average molecular weight is 273 g/mol. The van der Waals surface area contributed by atoms with Crippen LogP contribution in [0.2, 0.25) is 0 Å². The average Bonchev–Trinajstić information content (AvgIpc) is 3.24. The number of nitrogens with one attached hydrogen (secondary N) is 2. The van der Waals surface area contributed by atoms with Crippen molar-refractivity contribution < 1.29 is 4.92 Å². The summed E-state index contributed by atoms with van der Waals surface area (Å²) in [5.41, 5.74) is 4.99. The summed E-state index contributed by atoms with van der Waals surface area (Å²) in [4.78, 5) is 12.5. The molecule has 0 unspecified atom stereocenters. The zero-order chi connectivity index (χ0) is 14.3. The van der Waals surface area contributed by atoms with E-state index in [0.29, 0.717) is 29.5 Å². The van der Waals surface area contributed by atoms with E-state index < -0.39 is 4.92 Å². The quantitative estimate of drug-likeness (QED) is 0.644. The number of nitro groups is 1. The van der Waals surface area contributed by atoms with Gasteiger partial charge in [-0.3, -0.25) is 15.5 Å². The molecule has 0 spiro atoms. The van der Waals surface area contributed by atoms with E-state index in [1.807, 2.05) is 0 Å². The molecule has 104 valence electrons. The van der Waals surface area contributed by atoms with E-state index in [4.69, 9.17) is 5.41 Å². The highest BCUT2D eigenvalue weighted by Crippen LogP contribution is 2.34. The van der Waals surface area contributed by atoms with Crippen LogP contribution in [-0.4, -0.2) is 36.0 Å². The predicted octanol–water partition coefficient (Wildman–Crippen LogP) is 1.52. The Kier molecular flexibility index (Phi) is 2.89. The van der Waals surface area contributed by atoms with Crippen LogP contribution in [0.4, 0.5) is 11.4 Å². The molecular weight excluding hydrogens is 258 g/mol. The van der Waals surface area contributed by atoms with E-state index in [1.54, 1.807) is 24.1 Å². The van der Waals surface area contributed by atoms with Gasteiger partial charge >= 0.3 is 0 Å². The molecule has 7 heteroatoms. The lowest BCUT2D eigenvalue weighted by atomic mass is 9.97. The van der Waals surface area contributed by atoms with Crippen LogP contribution < -0.4 is 10.3 Å². The van der Waals surface area contributed by atoms with Gasteiger partial charge in [0.1, 0.15) is 11.4 Å². The van der Waals surface area contributed by atoms with E-state index in [0.717, 1.165) is 12.8 Å². The Morgan fingerprint density at radius 3 is 2.90 bits per heavy atom. The van der Waals surface area contributed by atoms with Gasteiger partial charge in [0.25, 0.3) is 5.69 Å². The van der Waals surface area contributed by atoms with Gasteiger partial charge in [-0.05, 0) is 12.8 Å². The molecule has 1 fully saturated rings.